The highest BCUT2D eigenvalue weighted by Gasteiger charge is 2.04. The minimum absolute atomic E-state index is 0.418. The van der Waals surface area contributed by atoms with E-state index >= 15 is 0 Å². The van der Waals surface area contributed by atoms with E-state index in [4.69, 9.17) is 20.5 Å². The van der Waals surface area contributed by atoms with Crippen LogP contribution in [0.1, 0.15) is 6.92 Å². The lowest BCUT2D eigenvalue weighted by molar-refractivity contribution is 0.339. The molecule has 1 atom stereocenters. The van der Waals surface area contributed by atoms with Crippen LogP contribution in [0.5, 0.6) is 5.75 Å². The third-order valence-corrected chi connectivity index (χ3v) is 3.35. The van der Waals surface area contributed by atoms with Crippen molar-refractivity contribution in [3.8, 4) is 5.75 Å². The van der Waals surface area contributed by atoms with E-state index in [1.165, 1.54) is 0 Å². The molecular weight excluding hydrogens is 286 g/mol. The van der Waals surface area contributed by atoms with E-state index in [1.54, 1.807) is 0 Å². The SMILES string of the molecule is CCOP(Cl)COc1cccc(Br)c1. The molecule has 0 heterocycles. The lowest BCUT2D eigenvalue weighted by Gasteiger charge is -2.10. The number of ether oxygens (including phenoxy) is 1. The lowest BCUT2D eigenvalue weighted by atomic mass is 10.3. The van der Waals surface area contributed by atoms with Gasteiger partial charge in [-0.1, -0.05) is 33.2 Å². The molecule has 0 aromatic heterocycles. The van der Waals surface area contributed by atoms with Crippen LogP contribution < -0.4 is 4.74 Å². The Hall–Kier alpha value is 0.180. The molecule has 0 bridgehead atoms. The first-order chi connectivity index (χ1) is 6.72. The summed E-state index contributed by atoms with van der Waals surface area (Å²) in [6, 6.07) is 7.64. The predicted octanol–water partition coefficient (Wildman–Crippen LogP) is 4.37. The van der Waals surface area contributed by atoms with E-state index in [-0.39, 0.29) is 0 Å². The third-order valence-electron chi connectivity index (χ3n) is 1.40. The molecule has 0 aliphatic rings. The van der Waals surface area contributed by atoms with Crippen molar-refractivity contribution in [2.45, 2.75) is 6.92 Å². The summed E-state index contributed by atoms with van der Waals surface area (Å²) in [7, 11) is -0.979. The van der Waals surface area contributed by atoms with Crippen LogP contribution in [0.15, 0.2) is 28.7 Å². The summed E-state index contributed by atoms with van der Waals surface area (Å²) in [6.07, 6.45) is 0.418. The molecule has 1 unspecified atom stereocenters. The van der Waals surface area contributed by atoms with Gasteiger partial charge in [-0.05, 0) is 25.1 Å². The Morgan fingerprint density at radius 2 is 2.29 bits per heavy atom. The molecule has 0 saturated carbocycles. The molecule has 5 heteroatoms. The molecule has 0 aliphatic carbocycles. The molecule has 1 aromatic rings. The fraction of sp³-hybridized carbons (Fsp3) is 0.333. The molecule has 0 fully saturated rings. The van der Waals surface area contributed by atoms with Gasteiger partial charge in [0.1, 0.15) is 12.1 Å². The van der Waals surface area contributed by atoms with Gasteiger partial charge in [0.15, 0.2) is 7.50 Å². The largest absolute Gasteiger partial charge is 0.485 e. The monoisotopic (exact) mass is 296 g/mol. The van der Waals surface area contributed by atoms with Gasteiger partial charge >= 0.3 is 0 Å². The summed E-state index contributed by atoms with van der Waals surface area (Å²) < 4.78 is 11.6. The van der Waals surface area contributed by atoms with E-state index < -0.39 is 7.50 Å². The van der Waals surface area contributed by atoms with Crippen LogP contribution in [0.3, 0.4) is 0 Å². The molecule has 0 saturated heterocycles. The number of hydrogen-bond acceptors (Lipinski definition) is 2. The average Bonchev–Trinajstić information content (AvgIpc) is 2.15. The Morgan fingerprint density at radius 3 is 2.93 bits per heavy atom. The summed E-state index contributed by atoms with van der Waals surface area (Å²) >= 11 is 9.24. The average molecular weight is 298 g/mol. The summed E-state index contributed by atoms with van der Waals surface area (Å²) in [5, 5.41) is 0. The molecule has 0 N–H and O–H groups in total. The zero-order chi connectivity index (χ0) is 10.4. The van der Waals surface area contributed by atoms with Gasteiger partial charge in [-0.15, -0.1) is 0 Å². The van der Waals surface area contributed by atoms with Crippen molar-refractivity contribution in [1.29, 1.82) is 0 Å². The molecule has 0 spiro atoms. The second-order valence-corrected chi connectivity index (χ2v) is 5.66. The molecule has 78 valence electrons. The highest BCUT2D eigenvalue weighted by atomic mass is 79.9. The first-order valence-corrected chi connectivity index (χ1v) is 7.31. The summed E-state index contributed by atoms with van der Waals surface area (Å²) in [6.45, 7) is 2.54. The molecule has 1 aromatic carbocycles. The number of hydrogen-bond donors (Lipinski definition) is 0. The molecule has 0 amide bonds. The van der Waals surface area contributed by atoms with Crippen molar-refractivity contribution in [2.75, 3.05) is 13.0 Å². The number of halogens is 2. The number of rotatable bonds is 5. The highest BCUT2D eigenvalue weighted by molar-refractivity contribution is 9.10. The van der Waals surface area contributed by atoms with Gasteiger partial charge in [0.2, 0.25) is 0 Å². The summed E-state index contributed by atoms with van der Waals surface area (Å²) in [4.78, 5) is 0. The van der Waals surface area contributed by atoms with Crippen molar-refractivity contribution >= 4 is 34.7 Å². The topological polar surface area (TPSA) is 18.5 Å². The van der Waals surface area contributed by atoms with Crippen LogP contribution in [0, 0.1) is 0 Å². The Bertz CT molecular complexity index is 285. The molecule has 2 nitrogen and oxygen atoms in total. The van der Waals surface area contributed by atoms with E-state index in [1.807, 2.05) is 31.2 Å². The predicted molar refractivity (Wildman–Crippen MR) is 64.0 cm³/mol. The van der Waals surface area contributed by atoms with Crippen LogP contribution in [0.2, 0.25) is 0 Å². The van der Waals surface area contributed by atoms with Gasteiger partial charge in [0, 0.05) is 11.1 Å². The van der Waals surface area contributed by atoms with Crippen LogP contribution in [0.25, 0.3) is 0 Å². The smallest absolute Gasteiger partial charge is 0.163 e. The van der Waals surface area contributed by atoms with Gasteiger partial charge in [-0.3, -0.25) is 0 Å². The van der Waals surface area contributed by atoms with Crippen molar-refractivity contribution in [3.05, 3.63) is 28.7 Å². The normalized spacial score (nSPS) is 12.5. The first-order valence-electron chi connectivity index (χ1n) is 4.17. The molecule has 0 aliphatic heterocycles. The van der Waals surface area contributed by atoms with E-state index in [0.717, 1.165) is 10.2 Å². The van der Waals surface area contributed by atoms with Gasteiger partial charge in [-0.2, -0.15) is 0 Å². The zero-order valence-electron chi connectivity index (χ0n) is 7.74. The Kier molecular flexibility index (Phi) is 5.80. The van der Waals surface area contributed by atoms with Crippen molar-refractivity contribution in [3.63, 3.8) is 0 Å². The molecule has 0 radical (unpaired) electrons. The third kappa shape index (κ3) is 4.61. The van der Waals surface area contributed by atoms with Gasteiger partial charge in [0.25, 0.3) is 0 Å². The molecular formula is C9H11BrClO2P. The van der Waals surface area contributed by atoms with Gasteiger partial charge < -0.3 is 9.26 Å². The van der Waals surface area contributed by atoms with E-state index in [9.17, 15) is 0 Å². The number of benzene rings is 1. The second-order valence-electron chi connectivity index (χ2n) is 2.47. The van der Waals surface area contributed by atoms with Gasteiger partial charge in [0.05, 0.1) is 0 Å². The fourth-order valence-electron chi connectivity index (χ4n) is 0.859. The van der Waals surface area contributed by atoms with E-state index in [2.05, 4.69) is 15.9 Å². The molecule has 1 rings (SSSR count). The van der Waals surface area contributed by atoms with Crippen molar-refractivity contribution in [1.82, 2.24) is 0 Å². The summed E-state index contributed by atoms with van der Waals surface area (Å²) in [5.74, 6) is 0.798. The zero-order valence-corrected chi connectivity index (χ0v) is 11.0. The maximum absolute atomic E-state index is 5.88. The standard InChI is InChI=1S/C9H11BrClO2P/c1-2-13-14(11)7-12-9-5-3-4-8(10)6-9/h3-6H,2,7H2,1H3. The minimum Gasteiger partial charge on any atom is -0.485 e. The second kappa shape index (κ2) is 6.62. The fourth-order valence-corrected chi connectivity index (χ4v) is 2.28. The van der Waals surface area contributed by atoms with Crippen LogP contribution in [-0.2, 0) is 4.52 Å². The van der Waals surface area contributed by atoms with E-state index in [0.29, 0.717) is 13.0 Å². The van der Waals surface area contributed by atoms with Crippen molar-refractivity contribution in [2.24, 2.45) is 0 Å². The van der Waals surface area contributed by atoms with Crippen molar-refractivity contribution < 1.29 is 9.26 Å². The lowest BCUT2D eigenvalue weighted by Crippen LogP contribution is -1.95. The first kappa shape index (κ1) is 12.3. The Balaban J connectivity index is 2.37. The van der Waals surface area contributed by atoms with Crippen LogP contribution in [0.4, 0.5) is 0 Å². The quantitative estimate of drug-likeness (QED) is 0.751. The highest BCUT2D eigenvalue weighted by Crippen LogP contribution is 2.42. The minimum atomic E-state index is -0.979. The maximum atomic E-state index is 5.88. The molecule has 14 heavy (non-hydrogen) atoms. The van der Waals surface area contributed by atoms with Gasteiger partial charge in [-0.25, -0.2) is 0 Å². The Labute approximate surface area is 98.3 Å². The maximum Gasteiger partial charge on any atom is 0.163 e. The van der Waals surface area contributed by atoms with Crippen LogP contribution in [-0.4, -0.2) is 13.0 Å². The Morgan fingerprint density at radius 1 is 1.50 bits per heavy atom. The summed E-state index contributed by atoms with van der Waals surface area (Å²) in [5.41, 5.74) is 0. The van der Waals surface area contributed by atoms with Crippen LogP contribution >= 0.6 is 34.7 Å².